The Balaban J connectivity index is 2.81. The third kappa shape index (κ3) is 2.99. The third-order valence-electron chi connectivity index (χ3n) is 3.36. The van der Waals surface area contributed by atoms with Gasteiger partial charge in [-0.3, -0.25) is 0 Å². The molecule has 1 unspecified atom stereocenters. The fourth-order valence-electron chi connectivity index (χ4n) is 1.67. The molecule has 1 aromatic rings. The summed E-state index contributed by atoms with van der Waals surface area (Å²) < 4.78 is 0. The molecule has 0 saturated heterocycles. The molecule has 0 heterocycles. The monoisotopic (exact) mass is 221 g/mol. The average molecular weight is 221 g/mol. The second-order valence-corrected chi connectivity index (χ2v) is 4.86. The molecule has 0 spiro atoms. The first-order chi connectivity index (χ1) is 7.43. The molecule has 1 aromatic carbocycles. The molecular formula is C14H23NO. The van der Waals surface area contributed by atoms with Crippen molar-refractivity contribution in [2.45, 2.75) is 39.8 Å². The maximum Gasteiger partial charge on any atom is 0.0761 e. The van der Waals surface area contributed by atoms with Crippen LogP contribution in [-0.2, 0) is 0 Å². The third-order valence-corrected chi connectivity index (χ3v) is 3.36. The molecule has 0 radical (unpaired) electrons. The van der Waals surface area contributed by atoms with Crippen LogP contribution in [0, 0.1) is 5.92 Å². The molecule has 2 nitrogen and oxygen atoms in total. The molecule has 0 aliphatic carbocycles. The summed E-state index contributed by atoms with van der Waals surface area (Å²) in [4.78, 5) is 2.27. The van der Waals surface area contributed by atoms with Gasteiger partial charge in [0.05, 0.1) is 6.10 Å². The largest absolute Gasteiger partial charge is 0.389 e. The first-order valence-electron chi connectivity index (χ1n) is 5.94. The maximum atomic E-state index is 9.44. The molecule has 0 amide bonds. The molecule has 90 valence electrons. The van der Waals surface area contributed by atoms with Crippen LogP contribution in [0.25, 0.3) is 0 Å². The molecule has 0 bridgehead atoms. The molecule has 1 rings (SSSR count). The van der Waals surface area contributed by atoms with Crippen LogP contribution in [-0.4, -0.2) is 18.2 Å². The first kappa shape index (κ1) is 13.0. The van der Waals surface area contributed by atoms with Gasteiger partial charge in [-0.15, -0.1) is 0 Å². The quantitative estimate of drug-likeness (QED) is 0.844. The number of aliphatic hydroxyl groups excluding tert-OH is 1. The summed E-state index contributed by atoms with van der Waals surface area (Å²) in [5, 5.41) is 9.44. The van der Waals surface area contributed by atoms with E-state index in [0.717, 1.165) is 5.56 Å². The van der Waals surface area contributed by atoms with Crippen LogP contribution in [0.15, 0.2) is 24.3 Å². The summed E-state index contributed by atoms with van der Waals surface area (Å²) in [6, 6.07) is 8.63. The van der Waals surface area contributed by atoms with Gasteiger partial charge in [-0.25, -0.2) is 0 Å². The molecule has 16 heavy (non-hydrogen) atoms. The molecule has 0 aliphatic heterocycles. The predicted molar refractivity (Wildman–Crippen MR) is 69.8 cm³/mol. The lowest BCUT2D eigenvalue weighted by Gasteiger charge is -2.30. The Morgan fingerprint density at radius 3 is 1.88 bits per heavy atom. The van der Waals surface area contributed by atoms with Crippen LogP contribution in [0.5, 0.6) is 0 Å². The van der Waals surface area contributed by atoms with E-state index >= 15 is 0 Å². The SMILES string of the molecule is CC(C)C(C)N(C)c1ccc([C@H](C)O)cc1. The normalized spacial score (nSPS) is 14.9. The number of hydrogen-bond donors (Lipinski definition) is 1. The fourth-order valence-corrected chi connectivity index (χ4v) is 1.67. The van der Waals surface area contributed by atoms with E-state index in [-0.39, 0.29) is 6.10 Å². The Labute approximate surface area is 98.9 Å². The number of nitrogens with zero attached hydrogens (tertiary/aromatic N) is 1. The highest BCUT2D eigenvalue weighted by atomic mass is 16.3. The zero-order valence-corrected chi connectivity index (χ0v) is 10.9. The number of rotatable bonds is 4. The van der Waals surface area contributed by atoms with Crippen molar-refractivity contribution in [2.24, 2.45) is 5.92 Å². The highest BCUT2D eigenvalue weighted by Gasteiger charge is 2.13. The summed E-state index contributed by atoms with van der Waals surface area (Å²) in [5.74, 6) is 0.626. The van der Waals surface area contributed by atoms with E-state index in [4.69, 9.17) is 0 Å². The van der Waals surface area contributed by atoms with E-state index in [2.05, 4.69) is 44.9 Å². The van der Waals surface area contributed by atoms with Gasteiger partial charge in [0.15, 0.2) is 0 Å². The molecule has 0 fully saturated rings. The van der Waals surface area contributed by atoms with E-state index in [9.17, 15) is 5.11 Å². The topological polar surface area (TPSA) is 23.5 Å². The van der Waals surface area contributed by atoms with Gasteiger partial charge in [-0.05, 0) is 37.5 Å². The van der Waals surface area contributed by atoms with E-state index in [1.54, 1.807) is 6.92 Å². The van der Waals surface area contributed by atoms with Gasteiger partial charge in [-0.2, -0.15) is 0 Å². The van der Waals surface area contributed by atoms with Gasteiger partial charge in [-0.1, -0.05) is 26.0 Å². The molecule has 2 atom stereocenters. The molecular weight excluding hydrogens is 198 g/mol. The predicted octanol–water partition coefficient (Wildman–Crippen LogP) is 3.22. The van der Waals surface area contributed by atoms with Crippen molar-refractivity contribution in [3.63, 3.8) is 0 Å². The van der Waals surface area contributed by atoms with E-state index < -0.39 is 0 Å². The van der Waals surface area contributed by atoms with E-state index in [0.29, 0.717) is 12.0 Å². The van der Waals surface area contributed by atoms with E-state index in [1.807, 2.05) is 12.1 Å². The van der Waals surface area contributed by atoms with Crippen molar-refractivity contribution in [1.29, 1.82) is 0 Å². The number of anilines is 1. The Morgan fingerprint density at radius 1 is 1.00 bits per heavy atom. The van der Waals surface area contributed by atoms with Crippen LogP contribution in [0.3, 0.4) is 0 Å². The van der Waals surface area contributed by atoms with Crippen LogP contribution >= 0.6 is 0 Å². The van der Waals surface area contributed by atoms with Gasteiger partial charge in [0.25, 0.3) is 0 Å². The molecule has 0 saturated carbocycles. The van der Waals surface area contributed by atoms with Crippen molar-refractivity contribution >= 4 is 5.69 Å². The zero-order chi connectivity index (χ0) is 12.3. The van der Waals surface area contributed by atoms with Crippen LogP contribution in [0.2, 0.25) is 0 Å². The molecule has 2 heteroatoms. The van der Waals surface area contributed by atoms with Crippen molar-refractivity contribution < 1.29 is 5.11 Å². The number of benzene rings is 1. The summed E-state index contributed by atoms with van der Waals surface area (Å²) in [5.41, 5.74) is 2.17. The minimum Gasteiger partial charge on any atom is -0.389 e. The lowest BCUT2D eigenvalue weighted by atomic mass is 10.0. The van der Waals surface area contributed by atoms with E-state index in [1.165, 1.54) is 5.69 Å². The smallest absolute Gasteiger partial charge is 0.0761 e. The number of hydrogen-bond acceptors (Lipinski definition) is 2. The second kappa shape index (κ2) is 5.35. The first-order valence-corrected chi connectivity index (χ1v) is 5.94. The van der Waals surface area contributed by atoms with Gasteiger partial charge in [0.2, 0.25) is 0 Å². The van der Waals surface area contributed by atoms with Crippen molar-refractivity contribution in [3.8, 4) is 0 Å². The Hall–Kier alpha value is -1.02. The summed E-state index contributed by atoms with van der Waals surface area (Å²) >= 11 is 0. The summed E-state index contributed by atoms with van der Waals surface area (Å²) in [6.45, 7) is 8.47. The Bertz CT molecular complexity index is 316. The number of aliphatic hydroxyl groups is 1. The molecule has 1 N–H and O–H groups in total. The van der Waals surface area contributed by atoms with Crippen LogP contribution in [0.1, 0.15) is 39.4 Å². The standard InChI is InChI=1S/C14H23NO/c1-10(2)11(3)15(5)14-8-6-13(7-9-14)12(4)16/h6-12,16H,1-5H3/t11?,12-/m0/s1. The molecule has 0 aromatic heterocycles. The zero-order valence-electron chi connectivity index (χ0n) is 10.9. The Morgan fingerprint density at radius 2 is 1.50 bits per heavy atom. The van der Waals surface area contributed by atoms with Crippen molar-refractivity contribution in [3.05, 3.63) is 29.8 Å². The molecule has 0 aliphatic rings. The highest BCUT2D eigenvalue weighted by Crippen LogP contribution is 2.21. The van der Waals surface area contributed by atoms with Gasteiger partial charge in [0, 0.05) is 18.8 Å². The lowest BCUT2D eigenvalue weighted by molar-refractivity contribution is 0.199. The average Bonchev–Trinajstić information content (AvgIpc) is 2.27. The van der Waals surface area contributed by atoms with Crippen LogP contribution < -0.4 is 4.90 Å². The summed E-state index contributed by atoms with van der Waals surface area (Å²) in [6.07, 6.45) is -0.387. The summed E-state index contributed by atoms with van der Waals surface area (Å²) in [7, 11) is 2.11. The fraction of sp³-hybridized carbons (Fsp3) is 0.571. The second-order valence-electron chi connectivity index (χ2n) is 4.86. The minimum absolute atomic E-state index is 0.387. The lowest BCUT2D eigenvalue weighted by Crippen LogP contribution is -2.33. The van der Waals surface area contributed by atoms with Gasteiger partial charge < -0.3 is 10.0 Å². The van der Waals surface area contributed by atoms with Crippen LogP contribution in [0.4, 0.5) is 5.69 Å². The van der Waals surface area contributed by atoms with Gasteiger partial charge >= 0.3 is 0 Å². The van der Waals surface area contributed by atoms with Crippen molar-refractivity contribution in [1.82, 2.24) is 0 Å². The highest BCUT2D eigenvalue weighted by molar-refractivity contribution is 5.48. The maximum absolute atomic E-state index is 9.44. The van der Waals surface area contributed by atoms with Crippen molar-refractivity contribution in [2.75, 3.05) is 11.9 Å². The minimum atomic E-state index is -0.387. The Kier molecular flexibility index (Phi) is 4.36. The van der Waals surface area contributed by atoms with Gasteiger partial charge in [0.1, 0.15) is 0 Å².